The zero-order valence-corrected chi connectivity index (χ0v) is 8.72. The Morgan fingerprint density at radius 2 is 2.00 bits per heavy atom. The minimum Gasteiger partial charge on any atom is -0.501 e. The molecule has 0 fully saturated rings. The predicted molar refractivity (Wildman–Crippen MR) is 56.6 cm³/mol. The third kappa shape index (κ3) is 2.62. The Kier molecular flexibility index (Phi) is 3.13. The van der Waals surface area contributed by atoms with E-state index in [1.807, 2.05) is 6.92 Å². The first kappa shape index (κ1) is 9.85. The first-order valence-electron chi connectivity index (χ1n) is 4.43. The number of aryl methyl sites for hydroxylation is 2. The molecule has 0 atom stereocenters. The second-order valence-electron chi connectivity index (χ2n) is 3.32. The van der Waals surface area contributed by atoms with Crippen LogP contribution in [-0.4, -0.2) is 7.11 Å². The summed E-state index contributed by atoms with van der Waals surface area (Å²) in [5, 5.41) is 0. The van der Waals surface area contributed by atoms with Gasteiger partial charge in [-0.25, -0.2) is 0 Å². The molecule has 0 unspecified atom stereocenters. The second kappa shape index (κ2) is 4.13. The van der Waals surface area contributed by atoms with Gasteiger partial charge in [0, 0.05) is 0 Å². The van der Waals surface area contributed by atoms with Crippen LogP contribution >= 0.6 is 0 Å². The van der Waals surface area contributed by atoms with Crippen molar-refractivity contribution in [3.8, 4) is 0 Å². The van der Waals surface area contributed by atoms with Crippen LogP contribution in [0.1, 0.15) is 23.6 Å². The standard InChI is InChI=1S/C12H16O/c1-9-5-6-10(2)12(7-9)8-11(3)13-4/h5-8H,1-4H3/b11-8-. The minimum atomic E-state index is 0.939. The number of ether oxygens (including phenoxy) is 1. The first-order valence-corrected chi connectivity index (χ1v) is 4.43. The Balaban J connectivity index is 3.07. The van der Waals surface area contributed by atoms with Crippen molar-refractivity contribution in [3.05, 3.63) is 40.6 Å². The van der Waals surface area contributed by atoms with Crippen molar-refractivity contribution in [1.82, 2.24) is 0 Å². The monoisotopic (exact) mass is 176 g/mol. The molecule has 0 saturated heterocycles. The van der Waals surface area contributed by atoms with Crippen molar-refractivity contribution in [1.29, 1.82) is 0 Å². The Hall–Kier alpha value is -1.24. The second-order valence-corrected chi connectivity index (χ2v) is 3.32. The highest BCUT2D eigenvalue weighted by Crippen LogP contribution is 2.14. The zero-order chi connectivity index (χ0) is 9.84. The first-order chi connectivity index (χ1) is 6.13. The van der Waals surface area contributed by atoms with E-state index in [1.165, 1.54) is 16.7 Å². The van der Waals surface area contributed by atoms with E-state index in [2.05, 4.69) is 38.1 Å². The molecule has 0 bridgehead atoms. The number of benzene rings is 1. The van der Waals surface area contributed by atoms with E-state index in [0.29, 0.717) is 0 Å². The van der Waals surface area contributed by atoms with E-state index in [0.717, 1.165) is 5.76 Å². The van der Waals surface area contributed by atoms with E-state index < -0.39 is 0 Å². The van der Waals surface area contributed by atoms with Gasteiger partial charge in [0.1, 0.15) is 0 Å². The van der Waals surface area contributed by atoms with Gasteiger partial charge in [-0.2, -0.15) is 0 Å². The Morgan fingerprint density at radius 1 is 1.31 bits per heavy atom. The summed E-state index contributed by atoms with van der Waals surface area (Å²) in [6.45, 7) is 6.16. The molecule has 1 rings (SSSR count). The number of allylic oxidation sites excluding steroid dienone is 1. The van der Waals surface area contributed by atoms with Crippen molar-refractivity contribution in [2.24, 2.45) is 0 Å². The molecule has 0 radical (unpaired) electrons. The molecule has 1 nitrogen and oxygen atoms in total. The van der Waals surface area contributed by atoms with Crippen LogP contribution in [-0.2, 0) is 4.74 Å². The molecule has 0 saturated carbocycles. The third-order valence-electron chi connectivity index (χ3n) is 2.12. The summed E-state index contributed by atoms with van der Waals surface area (Å²) < 4.78 is 5.11. The summed E-state index contributed by atoms with van der Waals surface area (Å²) in [5.41, 5.74) is 3.79. The van der Waals surface area contributed by atoms with Crippen molar-refractivity contribution >= 4 is 6.08 Å². The van der Waals surface area contributed by atoms with Gasteiger partial charge in [-0.3, -0.25) is 0 Å². The third-order valence-corrected chi connectivity index (χ3v) is 2.12. The van der Waals surface area contributed by atoms with Gasteiger partial charge in [-0.1, -0.05) is 23.8 Å². The van der Waals surface area contributed by atoms with E-state index in [9.17, 15) is 0 Å². The SMILES string of the molecule is CO/C(C)=C\c1cc(C)ccc1C. The molecule has 0 aliphatic carbocycles. The molecule has 0 N–H and O–H groups in total. The molecule has 1 heteroatoms. The fourth-order valence-electron chi connectivity index (χ4n) is 1.19. The minimum absolute atomic E-state index is 0.939. The average molecular weight is 176 g/mol. The fourth-order valence-corrected chi connectivity index (χ4v) is 1.19. The van der Waals surface area contributed by atoms with Crippen molar-refractivity contribution in [2.75, 3.05) is 7.11 Å². The van der Waals surface area contributed by atoms with Gasteiger partial charge >= 0.3 is 0 Å². The summed E-state index contributed by atoms with van der Waals surface area (Å²) in [4.78, 5) is 0. The number of hydrogen-bond acceptors (Lipinski definition) is 1. The van der Waals surface area contributed by atoms with Crippen LogP contribution in [0, 0.1) is 13.8 Å². The summed E-state index contributed by atoms with van der Waals surface area (Å²) in [5.74, 6) is 0.939. The van der Waals surface area contributed by atoms with Gasteiger partial charge in [0.25, 0.3) is 0 Å². The maximum Gasteiger partial charge on any atom is 0.0930 e. The lowest BCUT2D eigenvalue weighted by atomic mass is 10.1. The van der Waals surface area contributed by atoms with Gasteiger partial charge in [-0.15, -0.1) is 0 Å². The summed E-state index contributed by atoms with van der Waals surface area (Å²) >= 11 is 0. The van der Waals surface area contributed by atoms with Crippen molar-refractivity contribution < 1.29 is 4.74 Å². The molecule has 13 heavy (non-hydrogen) atoms. The maximum atomic E-state index is 5.11. The quantitative estimate of drug-likeness (QED) is 0.628. The van der Waals surface area contributed by atoms with Gasteiger partial charge < -0.3 is 4.74 Å². The van der Waals surface area contributed by atoms with E-state index in [-0.39, 0.29) is 0 Å². The van der Waals surface area contributed by atoms with Crippen LogP contribution < -0.4 is 0 Å². The summed E-state index contributed by atoms with van der Waals surface area (Å²) in [6, 6.07) is 6.41. The molecule has 0 heterocycles. The van der Waals surface area contributed by atoms with Gasteiger partial charge in [-0.05, 0) is 38.0 Å². The van der Waals surface area contributed by atoms with Crippen LogP contribution in [0.3, 0.4) is 0 Å². The maximum absolute atomic E-state index is 5.11. The van der Waals surface area contributed by atoms with Crippen LogP contribution in [0.5, 0.6) is 0 Å². The molecular weight excluding hydrogens is 160 g/mol. The number of methoxy groups -OCH3 is 1. The van der Waals surface area contributed by atoms with E-state index >= 15 is 0 Å². The average Bonchev–Trinajstić information content (AvgIpc) is 2.11. The lowest BCUT2D eigenvalue weighted by Gasteiger charge is -2.04. The molecule has 1 aromatic rings. The van der Waals surface area contributed by atoms with Gasteiger partial charge in [0.2, 0.25) is 0 Å². The highest BCUT2D eigenvalue weighted by atomic mass is 16.5. The van der Waals surface area contributed by atoms with E-state index in [1.54, 1.807) is 7.11 Å². The highest BCUT2D eigenvalue weighted by Gasteiger charge is 1.95. The molecule has 0 aromatic heterocycles. The topological polar surface area (TPSA) is 9.23 Å². The van der Waals surface area contributed by atoms with Crippen LogP contribution in [0.25, 0.3) is 6.08 Å². The van der Waals surface area contributed by atoms with Crippen molar-refractivity contribution in [2.45, 2.75) is 20.8 Å². The van der Waals surface area contributed by atoms with Crippen LogP contribution in [0.15, 0.2) is 24.0 Å². The fraction of sp³-hybridized carbons (Fsp3) is 0.333. The van der Waals surface area contributed by atoms with E-state index in [4.69, 9.17) is 4.74 Å². The number of hydrogen-bond donors (Lipinski definition) is 0. The lowest BCUT2D eigenvalue weighted by Crippen LogP contribution is -1.85. The van der Waals surface area contributed by atoms with Gasteiger partial charge in [0.15, 0.2) is 0 Å². The summed E-state index contributed by atoms with van der Waals surface area (Å²) in [6.07, 6.45) is 2.06. The molecule has 0 aliphatic heterocycles. The van der Waals surface area contributed by atoms with Crippen LogP contribution in [0.2, 0.25) is 0 Å². The lowest BCUT2D eigenvalue weighted by molar-refractivity contribution is 0.297. The molecular formula is C12H16O. The smallest absolute Gasteiger partial charge is 0.0930 e. The highest BCUT2D eigenvalue weighted by molar-refractivity contribution is 5.55. The molecule has 0 aliphatic rings. The molecule has 70 valence electrons. The largest absolute Gasteiger partial charge is 0.501 e. The predicted octanol–water partition coefficient (Wildman–Crippen LogP) is 3.31. The Labute approximate surface area is 80.0 Å². The number of rotatable bonds is 2. The Bertz CT molecular complexity index is 324. The Morgan fingerprint density at radius 3 is 2.62 bits per heavy atom. The van der Waals surface area contributed by atoms with Crippen LogP contribution in [0.4, 0.5) is 0 Å². The molecule has 0 amide bonds. The normalized spacial score (nSPS) is 11.5. The summed E-state index contributed by atoms with van der Waals surface area (Å²) in [7, 11) is 1.69. The molecule has 1 aromatic carbocycles. The molecule has 0 spiro atoms. The zero-order valence-electron chi connectivity index (χ0n) is 8.72. The van der Waals surface area contributed by atoms with Crippen molar-refractivity contribution in [3.63, 3.8) is 0 Å². The van der Waals surface area contributed by atoms with Gasteiger partial charge in [0.05, 0.1) is 12.9 Å².